The molecule has 0 bridgehead atoms. The molecule has 0 saturated heterocycles. The van der Waals surface area contributed by atoms with Crippen LogP contribution >= 0.6 is 0 Å². The van der Waals surface area contributed by atoms with Gasteiger partial charge in [-0.25, -0.2) is 4.98 Å². The summed E-state index contributed by atoms with van der Waals surface area (Å²) in [6.07, 6.45) is -2.59. The lowest BCUT2D eigenvalue weighted by molar-refractivity contribution is -0.257. The standard InChI is InChI=1S/C15H18F3N3O2/c1-14(2)5-9(11(14)15(16,17)18)13(23)21-4-3-8-10(6-21)19-7-20-12(8)22/h7,9,11H,3-6H2,1-2H3,(H,19,20,22). The van der Waals surface area contributed by atoms with E-state index < -0.39 is 29.3 Å². The number of hydrogen-bond acceptors (Lipinski definition) is 3. The predicted molar refractivity (Wildman–Crippen MR) is 75.4 cm³/mol. The third-order valence-corrected chi connectivity index (χ3v) is 4.98. The number of nitrogens with one attached hydrogen (secondary N) is 1. The molecule has 1 fully saturated rings. The lowest BCUT2D eigenvalue weighted by Gasteiger charge is -2.52. The smallest absolute Gasteiger partial charge is 0.336 e. The maximum Gasteiger partial charge on any atom is 0.393 e. The number of carbonyl (C=O) groups excluding carboxylic acids is 1. The molecule has 2 unspecified atom stereocenters. The summed E-state index contributed by atoms with van der Waals surface area (Å²) in [6, 6.07) is 0. The monoisotopic (exact) mass is 329 g/mol. The summed E-state index contributed by atoms with van der Waals surface area (Å²) in [7, 11) is 0. The van der Waals surface area contributed by atoms with E-state index in [1.54, 1.807) is 13.8 Å². The number of fused-ring (bicyclic) bond motifs is 1. The van der Waals surface area contributed by atoms with Gasteiger partial charge in [0.15, 0.2) is 0 Å². The molecule has 3 rings (SSSR count). The Labute approximate surface area is 130 Å². The van der Waals surface area contributed by atoms with Gasteiger partial charge in [0.25, 0.3) is 5.56 Å². The first-order valence-electron chi connectivity index (χ1n) is 7.52. The van der Waals surface area contributed by atoms with E-state index >= 15 is 0 Å². The van der Waals surface area contributed by atoms with E-state index in [0.29, 0.717) is 17.7 Å². The Morgan fingerprint density at radius 3 is 2.74 bits per heavy atom. The van der Waals surface area contributed by atoms with Gasteiger partial charge in [0.1, 0.15) is 0 Å². The first-order chi connectivity index (χ1) is 10.6. The van der Waals surface area contributed by atoms with Crippen LogP contribution in [-0.4, -0.2) is 33.5 Å². The van der Waals surface area contributed by atoms with Crippen LogP contribution in [0.2, 0.25) is 0 Å². The summed E-state index contributed by atoms with van der Waals surface area (Å²) in [5.41, 5.74) is -0.185. The molecule has 1 amide bonds. The van der Waals surface area contributed by atoms with Crippen LogP contribution in [0.25, 0.3) is 0 Å². The van der Waals surface area contributed by atoms with Crippen LogP contribution in [0, 0.1) is 17.3 Å². The fraction of sp³-hybridized carbons (Fsp3) is 0.667. The zero-order chi connectivity index (χ0) is 17.0. The highest BCUT2D eigenvalue weighted by molar-refractivity contribution is 5.80. The van der Waals surface area contributed by atoms with Crippen molar-refractivity contribution in [2.24, 2.45) is 17.3 Å². The normalized spacial score (nSPS) is 26.4. The minimum absolute atomic E-state index is 0.0968. The Balaban J connectivity index is 1.79. The van der Waals surface area contributed by atoms with Gasteiger partial charge in [-0.1, -0.05) is 13.8 Å². The van der Waals surface area contributed by atoms with Crippen LogP contribution in [-0.2, 0) is 17.8 Å². The van der Waals surface area contributed by atoms with Gasteiger partial charge in [0.2, 0.25) is 5.91 Å². The molecule has 1 aromatic heterocycles. The minimum Gasteiger partial charge on any atom is -0.336 e. The van der Waals surface area contributed by atoms with E-state index in [9.17, 15) is 22.8 Å². The Bertz CT molecular complexity index is 686. The average Bonchev–Trinajstić information content (AvgIpc) is 2.42. The average molecular weight is 329 g/mol. The van der Waals surface area contributed by atoms with Gasteiger partial charge in [-0.3, -0.25) is 9.59 Å². The number of carbonyl (C=O) groups is 1. The third-order valence-electron chi connectivity index (χ3n) is 4.98. The first-order valence-corrected chi connectivity index (χ1v) is 7.52. The highest BCUT2D eigenvalue weighted by Gasteiger charge is 2.63. The summed E-state index contributed by atoms with van der Waals surface area (Å²) >= 11 is 0. The van der Waals surface area contributed by atoms with Gasteiger partial charge in [-0.05, 0) is 18.3 Å². The molecule has 23 heavy (non-hydrogen) atoms. The predicted octanol–water partition coefficient (Wildman–Crippen LogP) is 1.88. The largest absolute Gasteiger partial charge is 0.393 e. The third kappa shape index (κ3) is 2.64. The van der Waals surface area contributed by atoms with Crippen molar-refractivity contribution in [3.05, 3.63) is 27.9 Å². The van der Waals surface area contributed by atoms with Crippen LogP contribution in [0.5, 0.6) is 0 Å². The number of aromatic nitrogens is 2. The van der Waals surface area contributed by atoms with Crippen molar-refractivity contribution in [1.82, 2.24) is 14.9 Å². The Morgan fingerprint density at radius 1 is 1.43 bits per heavy atom. The SMILES string of the molecule is CC1(C)CC(C(=O)N2CCc3c(nc[nH]c3=O)C2)C1C(F)(F)F. The number of nitrogens with zero attached hydrogens (tertiary/aromatic N) is 2. The topological polar surface area (TPSA) is 66.1 Å². The Kier molecular flexibility index (Phi) is 3.53. The van der Waals surface area contributed by atoms with Crippen molar-refractivity contribution in [3.8, 4) is 0 Å². The molecular formula is C15H18F3N3O2. The van der Waals surface area contributed by atoms with Crippen LogP contribution in [0.15, 0.2) is 11.1 Å². The number of amides is 1. The van der Waals surface area contributed by atoms with Gasteiger partial charge in [0.05, 0.1) is 30.4 Å². The molecule has 8 heteroatoms. The summed E-state index contributed by atoms with van der Waals surface area (Å²) < 4.78 is 39.7. The highest BCUT2D eigenvalue weighted by atomic mass is 19.4. The summed E-state index contributed by atoms with van der Waals surface area (Å²) in [4.78, 5) is 32.1. The molecule has 1 aromatic rings. The molecule has 1 saturated carbocycles. The van der Waals surface area contributed by atoms with Crippen molar-refractivity contribution in [2.45, 2.75) is 39.4 Å². The van der Waals surface area contributed by atoms with Gasteiger partial charge in [-0.15, -0.1) is 0 Å². The highest BCUT2D eigenvalue weighted by Crippen LogP contribution is 2.58. The summed E-state index contributed by atoms with van der Waals surface area (Å²) in [5.74, 6) is -3.14. The quantitative estimate of drug-likeness (QED) is 0.855. The number of halogens is 3. The number of H-pyrrole nitrogens is 1. The summed E-state index contributed by atoms with van der Waals surface area (Å²) in [5, 5.41) is 0. The molecule has 1 aliphatic carbocycles. The van der Waals surface area contributed by atoms with E-state index in [1.807, 2.05) is 0 Å². The Hall–Kier alpha value is -1.86. The molecule has 2 aliphatic rings. The van der Waals surface area contributed by atoms with Gasteiger partial charge >= 0.3 is 6.18 Å². The zero-order valence-electron chi connectivity index (χ0n) is 12.9. The van der Waals surface area contributed by atoms with Crippen molar-refractivity contribution in [1.29, 1.82) is 0 Å². The molecule has 1 aliphatic heterocycles. The molecule has 1 N–H and O–H groups in total. The van der Waals surface area contributed by atoms with Crippen LogP contribution < -0.4 is 5.56 Å². The van der Waals surface area contributed by atoms with E-state index in [4.69, 9.17) is 0 Å². The number of rotatable bonds is 1. The second kappa shape index (κ2) is 5.07. The molecule has 126 valence electrons. The molecule has 0 spiro atoms. The van der Waals surface area contributed by atoms with Crippen molar-refractivity contribution < 1.29 is 18.0 Å². The second-order valence-corrected chi connectivity index (χ2v) is 6.99. The minimum atomic E-state index is -4.38. The summed E-state index contributed by atoms with van der Waals surface area (Å²) in [6.45, 7) is 3.44. The van der Waals surface area contributed by atoms with Crippen molar-refractivity contribution in [2.75, 3.05) is 6.54 Å². The number of alkyl halides is 3. The van der Waals surface area contributed by atoms with E-state index in [1.165, 1.54) is 11.2 Å². The van der Waals surface area contributed by atoms with Gasteiger partial charge in [-0.2, -0.15) is 13.2 Å². The van der Waals surface area contributed by atoms with Crippen LogP contribution in [0.1, 0.15) is 31.5 Å². The number of aromatic amines is 1. The van der Waals surface area contributed by atoms with Crippen LogP contribution in [0.3, 0.4) is 0 Å². The maximum absolute atomic E-state index is 13.2. The lowest BCUT2D eigenvalue weighted by atomic mass is 9.54. The lowest BCUT2D eigenvalue weighted by Crippen LogP contribution is -2.58. The fourth-order valence-electron chi connectivity index (χ4n) is 3.89. The molecule has 0 aromatic carbocycles. The molecule has 5 nitrogen and oxygen atoms in total. The Morgan fingerprint density at radius 2 is 2.13 bits per heavy atom. The van der Waals surface area contributed by atoms with Crippen molar-refractivity contribution in [3.63, 3.8) is 0 Å². The van der Waals surface area contributed by atoms with E-state index in [2.05, 4.69) is 9.97 Å². The first kappa shape index (κ1) is 16.0. The molecule has 0 radical (unpaired) electrons. The van der Waals surface area contributed by atoms with Crippen LogP contribution in [0.4, 0.5) is 13.2 Å². The van der Waals surface area contributed by atoms with E-state index in [0.717, 1.165) is 0 Å². The number of hydrogen-bond donors (Lipinski definition) is 1. The molecule has 2 atom stereocenters. The zero-order valence-corrected chi connectivity index (χ0v) is 12.9. The van der Waals surface area contributed by atoms with E-state index in [-0.39, 0.29) is 25.1 Å². The van der Waals surface area contributed by atoms with Crippen molar-refractivity contribution >= 4 is 5.91 Å². The molecular weight excluding hydrogens is 311 g/mol. The fourth-order valence-corrected chi connectivity index (χ4v) is 3.89. The van der Waals surface area contributed by atoms with Gasteiger partial charge < -0.3 is 9.88 Å². The second-order valence-electron chi connectivity index (χ2n) is 6.99. The van der Waals surface area contributed by atoms with Gasteiger partial charge in [0, 0.05) is 12.1 Å². The molecule has 2 heterocycles. The maximum atomic E-state index is 13.2.